The first-order chi connectivity index (χ1) is 7.29. The first kappa shape index (κ1) is 11.9. The molecule has 1 nitrogen and oxygen atoms in total. The number of hydrogen-bond acceptors (Lipinski definition) is 1. The normalized spacial score (nSPS) is 37.5. The average molecular weight is 220 g/mol. The number of fused-ring (bicyclic) bond motifs is 1. The first-order valence-corrected chi connectivity index (χ1v) is 6.55. The average Bonchev–Trinajstić information content (AvgIpc) is 2.38. The van der Waals surface area contributed by atoms with E-state index >= 15 is 0 Å². The third-order valence-corrected chi connectivity index (χ3v) is 4.80. The Labute approximate surface area is 99.3 Å². The molecule has 2 atom stereocenters. The van der Waals surface area contributed by atoms with Crippen LogP contribution in [0.1, 0.15) is 53.9 Å². The summed E-state index contributed by atoms with van der Waals surface area (Å²) in [7, 11) is 0. The monoisotopic (exact) mass is 220 g/mol. The zero-order valence-corrected chi connectivity index (χ0v) is 11.3. The molecule has 1 heteroatoms. The SMILES string of the molecule is CC(C)C1=CC(=O)C2C(C)(C)CCCC12C. The molecule has 0 aromatic carbocycles. The summed E-state index contributed by atoms with van der Waals surface area (Å²) in [4.78, 5) is 12.3. The summed E-state index contributed by atoms with van der Waals surface area (Å²) < 4.78 is 0. The molecule has 0 spiro atoms. The number of rotatable bonds is 1. The molecule has 0 radical (unpaired) electrons. The summed E-state index contributed by atoms with van der Waals surface area (Å²) in [5, 5.41) is 0. The maximum absolute atomic E-state index is 12.3. The molecule has 0 bridgehead atoms. The molecule has 1 fully saturated rings. The van der Waals surface area contributed by atoms with Gasteiger partial charge in [0.25, 0.3) is 0 Å². The van der Waals surface area contributed by atoms with E-state index in [1.54, 1.807) is 0 Å². The fraction of sp³-hybridized carbons (Fsp3) is 0.800. The Hall–Kier alpha value is -0.590. The van der Waals surface area contributed by atoms with E-state index in [0.717, 1.165) is 0 Å². The van der Waals surface area contributed by atoms with Crippen molar-refractivity contribution >= 4 is 5.78 Å². The molecule has 2 aliphatic carbocycles. The Morgan fingerprint density at radius 2 is 1.88 bits per heavy atom. The van der Waals surface area contributed by atoms with Crippen molar-refractivity contribution in [3.8, 4) is 0 Å². The molecule has 0 saturated heterocycles. The van der Waals surface area contributed by atoms with Crippen molar-refractivity contribution in [2.75, 3.05) is 0 Å². The zero-order valence-electron chi connectivity index (χ0n) is 11.3. The van der Waals surface area contributed by atoms with E-state index < -0.39 is 0 Å². The molecule has 0 heterocycles. The van der Waals surface area contributed by atoms with Crippen LogP contribution in [0.5, 0.6) is 0 Å². The quantitative estimate of drug-likeness (QED) is 0.653. The topological polar surface area (TPSA) is 17.1 Å². The highest BCUT2D eigenvalue weighted by molar-refractivity contribution is 5.97. The molecule has 16 heavy (non-hydrogen) atoms. The fourth-order valence-electron chi connectivity index (χ4n) is 4.30. The lowest BCUT2D eigenvalue weighted by molar-refractivity contribution is -0.126. The second-order valence-corrected chi connectivity index (χ2v) is 6.85. The van der Waals surface area contributed by atoms with Crippen molar-refractivity contribution < 1.29 is 4.79 Å². The van der Waals surface area contributed by atoms with E-state index in [4.69, 9.17) is 0 Å². The van der Waals surface area contributed by atoms with Crippen LogP contribution >= 0.6 is 0 Å². The smallest absolute Gasteiger partial charge is 0.160 e. The maximum Gasteiger partial charge on any atom is 0.160 e. The summed E-state index contributed by atoms with van der Waals surface area (Å²) in [6.45, 7) is 11.3. The van der Waals surface area contributed by atoms with Gasteiger partial charge in [-0.05, 0) is 35.7 Å². The summed E-state index contributed by atoms with van der Waals surface area (Å²) in [6.07, 6.45) is 5.61. The Morgan fingerprint density at radius 1 is 1.25 bits per heavy atom. The van der Waals surface area contributed by atoms with Crippen molar-refractivity contribution in [2.24, 2.45) is 22.7 Å². The lowest BCUT2D eigenvalue weighted by Crippen LogP contribution is -2.44. The third-order valence-electron chi connectivity index (χ3n) is 4.80. The number of hydrogen-bond donors (Lipinski definition) is 0. The number of carbonyl (C=O) groups excluding carboxylic acids is 1. The van der Waals surface area contributed by atoms with Gasteiger partial charge in [0, 0.05) is 5.92 Å². The van der Waals surface area contributed by atoms with E-state index in [2.05, 4.69) is 34.6 Å². The molecule has 0 amide bonds. The van der Waals surface area contributed by atoms with Crippen LogP contribution in [-0.4, -0.2) is 5.78 Å². The molecule has 0 aromatic rings. The predicted molar refractivity (Wildman–Crippen MR) is 67.2 cm³/mol. The van der Waals surface area contributed by atoms with Crippen molar-refractivity contribution in [1.82, 2.24) is 0 Å². The molecular formula is C15H24O. The minimum atomic E-state index is 0.146. The third kappa shape index (κ3) is 1.48. The second kappa shape index (κ2) is 3.45. The second-order valence-electron chi connectivity index (χ2n) is 6.85. The molecule has 2 rings (SSSR count). The highest BCUT2D eigenvalue weighted by Crippen LogP contribution is 2.59. The van der Waals surface area contributed by atoms with Crippen molar-refractivity contribution in [3.05, 3.63) is 11.6 Å². The fourth-order valence-corrected chi connectivity index (χ4v) is 4.30. The van der Waals surface area contributed by atoms with Gasteiger partial charge in [0.05, 0.1) is 0 Å². The van der Waals surface area contributed by atoms with Crippen LogP contribution < -0.4 is 0 Å². The number of carbonyl (C=O) groups is 1. The van der Waals surface area contributed by atoms with E-state index in [0.29, 0.717) is 11.7 Å². The molecular weight excluding hydrogens is 196 g/mol. The summed E-state index contributed by atoms with van der Waals surface area (Å²) in [5.74, 6) is 1.12. The maximum atomic E-state index is 12.3. The number of ketones is 1. The van der Waals surface area contributed by atoms with E-state index in [-0.39, 0.29) is 16.7 Å². The van der Waals surface area contributed by atoms with Crippen molar-refractivity contribution in [1.29, 1.82) is 0 Å². The van der Waals surface area contributed by atoms with E-state index in [1.807, 2.05) is 6.08 Å². The summed E-state index contributed by atoms with van der Waals surface area (Å²) in [5.41, 5.74) is 1.72. The Morgan fingerprint density at radius 3 is 2.44 bits per heavy atom. The van der Waals surface area contributed by atoms with Gasteiger partial charge in [0.15, 0.2) is 5.78 Å². The van der Waals surface area contributed by atoms with Crippen LogP contribution in [-0.2, 0) is 4.79 Å². The molecule has 1 saturated carbocycles. The lowest BCUT2D eigenvalue weighted by atomic mass is 9.55. The molecule has 90 valence electrons. The van der Waals surface area contributed by atoms with Gasteiger partial charge >= 0.3 is 0 Å². The molecule has 2 unspecified atom stereocenters. The Kier molecular flexibility index (Phi) is 2.56. The minimum absolute atomic E-state index is 0.146. The highest BCUT2D eigenvalue weighted by atomic mass is 16.1. The summed E-state index contributed by atoms with van der Waals surface area (Å²) in [6, 6.07) is 0. The molecule has 0 N–H and O–H groups in total. The van der Waals surface area contributed by atoms with Crippen molar-refractivity contribution in [2.45, 2.75) is 53.9 Å². The van der Waals surface area contributed by atoms with Crippen LogP contribution in [0.15, 0.2) is 11.6 Å². The lowest BCUT2D eigenvalue weighted by Gasteiger charge is -2.48. The van der Waals surface area contributed by atoms with Crippen LogP contribution in [0.3, 0.4) is 0 Å². The Bertz CT molecular complexity index is 348. The molecule has 0 aromatic heterocycles. The minimum Gasteiger partial charge on any atom is -0.294 e. The van der Waals surface area contributed by atoms with Crippen LogP contribution in [0.2, 0.25) is 0 Å². The van der Waals surface area contributed by atoms with Crippen molar-refractivity contribution in [3.63, 3.8) is 0 Å². The highest BCUT2D eigenvalue weighted by Gasteiger charge is 2.55. The van der Waals surface area contributed by atoms with Gasteiger partial charge in [-0.15, -0.1) is 0 Å². The van der Waals surface area contributed by atoms with Gasteiger partial charge in [-0.25, -0.2) is 0 Å². The van der Waals surface area contributed by atoms with E-state index in [1.165, 1.54) is 24.8 Å². The van der Waals surface area contributed by atoms with Crippen LogP contribution in [0.25, 0.3) is 0 Å². The molecule has 2 aliphatic rings. The standard InChI is InChI=1S/C15H24O/c1-10(2)11-9-12(16)13-14(3,4)7-6-8-15(11,13)5/h9-10,13H,6-8H2,1-5H3. The van der Waals surface area contributed by atoms with Gasteiger partial charge in [-0.3, -0.25) is 4.79 Å². The van der Waals surface area contributed by atoms with Crippen LogP contribution in [0, 0.1) is 22.7 Å². The van der Waals surface area contributed by atoms with Gasteiger partial charge in [0.1, 0.15) is 0 Å². The summed E-state index contributed by atoms with van der Waals surface area (Å²) >= 11 is 0. The van der Waals surface area contributed by atoms with Gasteiger partial charge in [0.2, 0.25) is 0 Å². The van der Waals surface area contributed by atoms with E-state index in [9.17, 15) is 4.79 Å². The van der Waals surface area contributed by atoms with Gasteiger partial charge < -0.3 is 0 Å². The van der Waals surface area contributed by atoms with Gasteiger partial charge in [-0.2, -0.15) is 0 Å². The predicted octanol–water partition coefficient (Wildman–Crippen LogP) is 3.98. The first-order valence-electron chi connectivity index (χ1n) is 6.55. The zero-order chi connectivity index (χ0) is 12.1. The number of allylic oxidation sites excluding steroid dienone is 2. The largest absolute Gasteiger partial charge is 0.294 e. The Balaban J connectivity index is 2.45. The molecule has 0 aliphatic heterocycles. The van der Waals surface area contributed by atoms with Crippen LogP contribution in [0.4, 0.5) is 0 Å². The van der Waals surface area contributed by atoms with Gasteiger partial charge in [-0.1, -0.05) is 46.6 Å².